The van der Waals surface area contributed by atoms with E-state index < -0.39 is 35.4 Å². The maximum atomic E-state index is 13.4. The fourth-order valence-electron chi connectivity index (χ4n) is 3.87. The molecule has 0 heterocycles. The predicted octanol–water partition coefficient (Wildman–Crippen LogP) is 3.29. The number of aryl methyl sites for hydroxylation is 1. The van der Waals surface area contributed by atoms with Crippen LogP contribution in [0, 0.1) is 0 Å². The van der Waals surface area contributed by atoms with Crippen molar-refractivity contribution in [1.29, 1.82) is 0 Å². The Hall–Kier alpha value is -3.71. The standard InChI is InChI=1S/C29H35N3O4/c1-4-36-27(34)24(17-15-20-10-6-5-7-11-20)31-26(33)25(32-28(35)29(2,3)30)19-21-14-16-22-12-8-9-13-23(22)18-21/h5-14,16,18,24-25H,4,15,17,19,30H2,1-3H3,(H,31,33)(H,32,35)/t24-,25+/m1/s1. The first-order chi connectivity index (χ1) is 17.2. The van der Waals surface area contributed by atoms with Crippen molar-refractivity contribution in [3.8, 4) is 0 Å². The van der Waals surface area contributed by atoms with Gasteiger partial charge in [-0.3, -0.25) is 9.59 Å². The van der Waals surface area contributed by atoms with Gasteiger partial charge < -0.3 is 21.1 Å². The largest absolute Gasteiger partial charge is 0.464 e. The van der Waals surface area contributed by atoms with Gasteiger partial charge in [0.1, 0.15) is 12.1 Å². The van der Waals surface area contributed by atoms with Crippen LogP contribution >= 0.6 is 0 Å². The highest BCUT2D eigenvalue weighted by molar-refractivity contribution is 5.93. The normalized spacial score (nSPS) is 13.0. The van der Waals surface area contributed by atoms with E-state index in [1.54, 1.807) is 20.8 Å². The minimum atomic E-state index is -1.17. The molecule has 4 N–H and O–H groups in total. The number of esters is 1. The molecule has 3 rings (SSSR count). The Morgan fingerprint density at radius 2 is 1.53 bits per heavy atom. The van der Waals surface area contributed by atoms with Gasteiger partial charge in [-0.05, 0) is 55.5 Å². The molecule has 3 aromatic carbocycles. The zero-order valence-electron chi connectivity index (χ0n) is 21.1. The van der Waals surface area contributed by atoms with Crippen LogP contribution in [0.4, 0.5) is 0 Å². The van der Waals surface area contributed by atoms with Crippen LogP contribution in [0.1, 0.15) is 38.3 Å². The predicted molar refractivity (Wildman–Crippen MR) is 141 cm³/mol. The summed E-state index contributed by atoms with van der Waals surface area (Å²) in [5.41, 5.74) is 6.73. The van der Waals surface area contributed by atoms with Crippen molar-refractivity contribution in [2.24, 2.45) is 5.73 Å². The second-order valence-electron chi connectivity index (χ2n) is 9.47. The van der Waals surface area contributed by atoms with Gasteiger partial charge in [0.15, 0.2) is 0 Å². The Balaban J connectivity index is 1.81. The third kappa shape index (κ3) is 7.65. The lowest BCUT2D eigenvalue weighted by molar-refractivity contribution is -0.147. The number of rotatable bonds is 11. The van der Waals surface area contributed by atoms with Gasteiger partial charge in [0.25, 0.3) is 0 Å². The number of benzene rings is 3. The SMILES string of the molecule is CCOC(=O)[C@@H](CCc1ccccc1)NC(=O)[C@H](Cc1ccc2ccccc2c1)NC(=O)C(C)(C)N. The summed E-state index contributed by atoms with van der Waals surface area (Å²) in [5.74, 6) is -1.43. The first kappa shape index (κ1) is 26.9. The van der Waals surface area contributed by atoms with Crippen molar-refractivity contribution >= 4 is 28.6 Å². The van der Waals surface area contributed by atoms with Crippen molar-refractivity contribution in [3.05, 3.63) is 83.9 Å². The van der Waals surface area contributed by atoms with Crippen molar-refractivity contribution in [2.45, 2.75) is 57.7 Å². The second-order valence-corrected chi connectivity index (χ2v) is 9.47. The number of hydrogen-bond acceptors (Lipinski definition) is 5. The topological polar surface area (TPSA) is 111 Å². The van der Waals surface area contributed by atoms with Crippen LogP contribution in [0.5, 0.6) is 0 Å². The van der Waals surface area contributed by atoms with E-state index in [1.807, 2.05) is 72.8 Å². The van der Waals surface area contributed by atoms with Gasteiger partial charge in [0.05, 0.1) is 12.1 Å². The third-order valence-electron chi connectivity index (χ3n) is 5.91. The molecule has 0 unspecified atom stereocenters. The summed E-state index contributed by atoms with van der Waals surface area (Å²) in [6, 6.07) is 21.8. The van der Waals surface area contributed by atoms with Gasteiger partial charge in [-0.1, -0.05) is 72.8 Å². The van der Waals surface area contributed by atoms with Crippen LogP contribution in [-0.2, 0) is 32.0 Å². The van der Waals surface area contributed by atoms with Gasteiger partial charge in [0, 0.05) is 6.42 Å². The minimum Gasteiger partial charge on any atom is -0.464 e. The van der Waals surface area contributed by atoms with Crippen LogP contribution in [-0.4, -0.2) is 42.0 Å². The summed E-state index contributed by atoms with van der Waals surface area (Å²) < 4.78 is 5.21. The summed E-state index contributed by atoms with van der Waals surface area (Å²) in [6.45, 7) is 5.08. The van der Waals surface area contributed by atoms with Crippen molar-refractivity contribution in [2.75, 3.05) is 6.61 Å². The second kappa shape index (κ2) is 12.3. The molecule has 0 aliphatic heterocycles. The smallest absolute Gasteiger partial charge is 0.328 e. The van der Waals surface area contributed by atoms with Crippen LogP contribution in [0.2, 0.25) is 0 Å². The van der Waals surface area contributed by atoms with Crippen LogP contribution in [0.15, 0.2) is 72.8 Å². The van der Waals surface area contributed by atoms with E-state index in [0.717, 1.165) is 21.9 Å². The molecule has 0 fully saturated rings. The van der Waals surface area contributed by atoms with E-state index in [-0.39, 0.29) is 13.0 Å². The number of fused-ring (bicyclic) bond motifs is 1. The van der Waals surface area contributed by atoms with Gasteiger partial charge >= 0.3 is 5.97 Å². The van der Waals surface area contributed by atoms with E-state index in [4.69, 9.17) is 10.5 Å². The lowest BCUT2D eigenvalue weighted by atomic mass is 9.99. The molecule has 0 aromatic heterocycles. The molecule has 0 saturated carbocycles. The van der Waals surface area contributed by atoms with Gasteiger partial charge in [-0.15, -0.1) is 0 Å². The lowest BCUT2D eigenvalue weighted by Gasteiger charge is -2.26. The Labute approximate surface area is 212 Å². The molecule has 0 radical (unpaired) electrons. The molecule has 7 heteroatoms. The molecular weight excluding hydrogens is 454 g/mol. The molecule has 3 aromatic rings. The number of carbonyl (C=O) groups is 3. The summed E-state index contributed by atoms with van der Waals surface area (Å²) in [4.78, 5) is 38.8. The average Bonchev–Trinajstić information content (AvgIpc) is 2.86. The molecule has 2 amide bonds. The van der Waals surface area contributed by atoms with Crippen LogP contribution in [0.25, 0.3) is 10.8 Å². The van der Waals surface area contributed by atoms with E-state index in [1.165, 1.54) is 0 Å². The molecule has 36 heavy (non-hydrogen) atoms. The first-order valence-corrected chi connectivity index (χ1v) is 12.3. The molecule has 190 valence electrons. The maximum Gasteiger partial charge on any atom is 0.328 e. The fourth-order valence-corrected chi connectivity index (χ4v) is 3.87. The van der Waals surface area contributed by atoms with E-state index >= 15 is 0 Å². The number of amides is 2. The summed E-state index contributed by atoms with van der Waals surface area (Å²) in [6.07, 6.45) is 1.20. The highest BCUT2D eigenvalue weighted by Gasteiger charge is 2.31. The number of nitrogens with one attached hydrogen (secondary N) is 2. The Morgan fingerprint density at radius 3 is 2.19 bits per heavy atom. The highest BCUT2D eigenvalue weighted by atomic mass is 16.5. The van der Waals surface area contributed by atoms with Crippen molar-refractivity contribution < 1.29 is 19.1 Å². The number of ether oxygens (including phenoxy) is 1. The lowest BCUT2D eigenvalue weighted by Crippen LogP contribution is -2.58. The Bertz CT molecular complexity index is 1190. The molecular formula is C29H35N3O4. The molecule has 2 atom stereocenters. The number of carbonyl (C=O) groups excluding carboxylic acids is 3. The Morgan fingerprint density at radius 1 is 0.861 bits per heavy atom. The minimum absolute atomic E-state index is 0.204. The summed E-state index contributed by atoms with van der Waals surface area (Å²) >= 11 is 0. The van der Waals surface area contributed by atoms with Crippen molar-refractivity contribution in [3.63, 3.8) is 0 Å². The van der Waals surface area contributed by atoms with E-state index in [0.29, 0.717) is 12.8 Å². The molecule has 0 bridgehead atoms. The van der Waals surface area contributed by atoms with Gasteiger partial charge in [-0.2, -0.15) is 0 Å². The Kier molecular flexibility index (Phi) is 9.19. The van der Waals surface area contributed by atoms with Gasteiger partial charge in [-0.25, -0.2) is 4.79 Å². The molecule has 7 nitrogen and oxygen atoms in total. The van der Waals surface area contributed by atoms with E-state index in [9.17, 15) is 14.4 Å². The summed E-state index contributed by atoms with van der Waals surface area (Å²) in [7, 11) is 0. The number of hydrogen-bond donors (Lipinski definition) is 3. The molecule has 0 spiro atoms. The van der Waals surface area contributed by atoms with E-state index in [2.05, 4.69) is 10.6 Å². The average molecular weight is 490 g/mol. The quantitative estimate of drug-likeness (QED) is 0.358. The third-order valence-corrected chi connectivity index (χ3v) is 5.91. The zero-order valence-corrected chi connectivity index (χ0v) is 21.1. The molecule has 0 aliphatic rings. The highest BCUT2D eigenvalue weighted by Crippen LogP contribution is 2.17. The molecule has 0 aliphatic carbocycles. The zero-order chi connectivity index (χ0) is 26.1. The maximum absolute atomic E-state index is 13.4. The number of nitrogens with two attached hydrogens (primary N) is 1. The molecule has 0 saturated heterocycles. The van der Waals surface area contributed by atoms with Crippen LogP contribution in [0.3, 0.4) is 0 Å². The van der Waals surface area contributed by atoms with Gasteiger partial charge in [0.2, 0.25) is 11.8 Å². The van der Waals surface area contributed by atoms with Crippen molar-refractivity contribution in [1.82, 2.24) is 10.6 Å². The first-order valence-electron chi connectivity index (χ1n) is 12.3. The monoisotopic (exact) mass is 489 g/mol. The summed E-state index contributed by atoms with van der Waals surface area (Å²) in [5, 5.41) is 7.71. The fraction of sp³-hybridized carbons (Fsp3) is 0.345. The van der Waals surface area contributed by atoms with Crippen LogP contribution < -0.4 is 16.4 Å².